The van der Waals surface area contributed by atoms with E-state index in [2.05, 4.69) is 16.4 Å². The van der Waals surface area contributed by atoms with Crippen molar-refractivity contribution in [2.45, 2.75) is 6.04 Å². The Balaban J connectivity index is 2.20. The van der Waals surface area contributed by atoms with Crippen LogP contribution in [-0.2, 0) is 4.74 Å². The highest BCUT2D eigenvalue weighted by Crippen LogP contribution is 2.38. The van der Waals surface area contributed by atoms with Crippen molar-refractivity contribution in [3.63, 3.8) is 0 Å². The number of hydrogen-bond donors (Lipinski definition) is 3. The molecule has 1 saturated heterocycles. The minimum atomic E-state index is 0.0691. The first-order valence-electron chi connectivity index (χ1n) is 4.91. The molecule has 1 aliphatic heterocycles. The molecule has 78 valence electrons. The summed E-state index contributed by atoms with van der Waals surface area (Å²) in [6.45, 7) is 2.14. The predicted octanol–water partition coefficient (Wildman–Crippen LogP) is 0.250. The van der Waals surface area contributed by atoms with E-state index in [9.17, 15) is 0 Å². The van der Waals surface area contributed by atoms with Crippen LogP contribution in [0.4, 0.5) is 0 Å². The highest BCUT2D eigenvalue weighted by atomic mass is 16.5. The molecule has 2 rings (SSSR count). The van der Waals surface area contributed by atoms with E-state index < -0.39 is 0 Å². The topological polar surface area (TPSA) is 63.1 Å². The van der Waals surface area contributed by atoms with Gasteiger partial charge >= 0.3 is 0 Å². The van der Waals surface area contributed by atoms with Gasteiger partial charge in [-0.1, -0.05) is 0 Å². The number of rotatable bonds is 4. The molecule has 0 radical (unpaired) electrons. The van der Waals surface area contributed by atoms with Crippen molar-refractivity contribution in [1.29, 1.82) is 0 Å². The van der Waals surface area contributed by atoms with Crippen molar-refractivity contribution >= 4 is 0 Å². The molecule has 0 saturated carbocycles. The van der Waals surface area contributed by atoms with Gasteiger partial charge in [-0.3, -0.25) is 0 Å². The number of nitrogens with two attached hydrogens (primary N) is 1. The molecule has 14 heavy (non-hydrogen) atoms. The van der Waals surface area contributed by atoms with Crippen molar-refractivity contribution in [3.05, 3.63) is 24.0 Å². The van der Waals surface area contributed by atoms with Gasteiger partial charge in [0.2, 0.25) is 0 Å². The fraction of sp³-hybridized carbons (Fsp3) is 0.600. The third kappa shape index (κ3) is 1.35. The number of ether oxygens (including phenoxy) is 1. The normalized spacial score (nSPS) is 21.6. The van der Waals surface area contributed by atoms with Gasteiger partial charge in [0.25, 0.3) is 0 Å². The van der Waals surface area contributed by atoms with Crippen LogP contribution in [0.15, 0.2) is 18.3 Å². The molecule has 4 heteroatoms. The van der Waals surface area contributed by atoms with Crippen molar-refractivity contribution < 1.29 is 4.74 Å². The Bertz CT molecular complexity index is 274. The Kier molecular flexibility index (Phi) is 2.58. The van der Waals surface area contributed by atoms with Gasteiger partial charge < -0.3 is 20.8 Å². The maximum atomic E-state index is 5.82. The zero-order valence-corrected chi connectivity index (χ0v) is 8.42. The largest absolute Gasteiger partial charge is 0.380 e. The molecule has 4 N–H and O–H groups in total. The SMILES string of the molecule is CNC(c1ccc[nH]1)C1(CN)COC1. The van der Waals surface area contributed by atoms with E-state index in [1.54, 1.807) is 0 Å². The van der Waals surface area contributed by atoms with Gasteiger partial charge in [0.1, 0.15) is 0 Å². The lowest BCUT2D eigenvalue weighted by Gasteiger charge is -2.46. The molecular formula is C10H17N3O. The van der Waals surface area contributed by atoms with Crippen molar-refractivity contribution in [2.24, 2.45) is 11.1 Å². The van der Waals surface area contributed by atoms with E-state index >= 15 is 0 Å². The van der Waals surface area contributed by atoms with Crippen molar-refractivity contribution in [3.8, 4) is 0 Å². The summed E-state index contributed by atoms with van der Waals surface area (Å²) in [5.41, 5.74) is 7.07. The minimum absolute atomic E-state index is 0.0691. The fourth-order valence-electron chi connectivity index (χ4n) is 2.08. The summed E-state index contributed by atoms with van der Waals surface area (Å²) in [4.78, 5) is 3.22. The second kappa shape index (κ2) is 3.73. The average molecular weight is 195 g/mol. The smallest absolute Gasteiger partial charge is 0.0584 e. The third-order valence-electron chi connectivity index (χ3n) is 3.02. The Morgan fingerprint density at radius 1 is 1.71 bits per heavy atom. The van der Waals surface area contributed by atoms with E-state index in [4.69, 9.17) is 10.5 Å². The molecule has 1 fully saturated rings. The zero-order valence-electron chi connectivity index (χ0n) is 8.42. The molecule has 0 bridgehead atoms. The number of H-pyrrole nitrogens is 1. The number of nitrogens with one attached hydrogen (secondary N) is 2. The standard InChI is InChI=1S/C10H17N3O/c1-12-9(8-3-2-4-13-8)10(5-11)6-14-7-10/h2-4,9,12-13H,5-7,11H2,1H3. The minimum Gasteiger partial charge on any atom is -0.380 e. The van der Waals surface area contributed by atoms with Gasteiger partial charge in [-0.05, 0) is 19.2 Å². The lowest BCUT2D eigenvalue weighted by molar-refractivity contribution is -0.127. The molecule has 0 aliphatic carbocycles. The highest BCUT2D eigenvalue weighted by Gasteiger charge is 2.45. The molecule has 0 aromatic carbocycles. The van der Waals surface area contributed by atoms with E-state index in [1.165, 1.54) is 5.69 Å². The first-order chi connectivity index (χ1) is 6.82. The lowest BCUT2D eigenvalue weighted by Crippen LogP contribution is -2.55. The molecule has 0 amide bonds. The van der Waals surface area contributed by atoms with E-state index in [-0.39, 0.29) is 11.5 Å². The molecule has 1 atom stereocenters. The van der Waals surface area contributed by atoms with Crippen LogP contribution >= 0.6 is 0 Å². The first kappa shape index (κ1) is 9.71. The Hall–Kier alpha value is -0.840. The Labute approximate surface area is 83.8 Å². The summed E-state index contributed by atoms with van der Waals surface area (Å²) in [6.07, 6.45) is 1.93. The molecule has 1 aromatic rings. The molecule has 2 heterocycles. The summed E-state index contributed by atoms with van der Waals surface area (Å²) < 4.78 is 5.28. The summed E-state index contributed by atoms with van der Waals surface area (Å²) in [5, 5.41) is 3.31. The third-order valence-corrected chi connectivity index (χ3v) is 3.02. The molecule has 1 unspecified atom stereocenters. The first-order valence-corrected chi connectivity index (χ1v) is 4.91. The summed E-state index contributed by atoms with van der Waals surface area (Å²) >= 11 is 0. The van der Waals surface area contributed by atoms with Gasteiger partial charge in [0.15, 0.2) is 0 Å². The predicted molar refractivity (Wildman–Crippen MR) is 54.9 cm³/mol. The maximum absolute atomic E-state index is 5.82. The zero-order chi connectivity index (χ0) is 10.0. The monoisotopic (exact) mass is 195 g/mol. The number of aromatic amines is 1. The van der Waals surface area contributed by atoms with Crippen LogP contribution in [0.5, 0.6) is 0 Å². The van der Waals surface area contributed by atoms with Gasteiger partial charge in [0, 0.05) is 18.4 Å². The summed E-state index contributed by atoms with van der Waals surface area (Å²) in [7, 11) is 1.96. The van der Waals surface area contributed by atoms with Crippen LogP contribution in [0.25, 0.3) is 0 Å². The van der Waals surface area contributed by atoms with E-state index in [0.717, 1.165) is 13.2 Å². The van der Waals surface area contributed by atoms with E-state index in [0.29, 0.717) is 6.54 Å². The van der Waals surface area contributed by atoms with Gasteiger partial charge in [-0.15, -0.1) is 0 Å². The summed E-state index contributed by atoms with van der Waals surface area (Å²) in [5.74, 6) is 0. The van der Waals surface area contributed by atoms with Gasteiger partial charge in [-0.2, -0.15) is 0 Å². The van der Waals surface area contributed by atoms with Crippen LogP contribution in [-0.4, -0.2) is 31.8 Å². The second-order valence-corrected chi connectivity index (χ2v) is 3.91. The average Bonchev–Trinajstić information content (AvgIpc) is 2.63. The fourth-order valence-corrected chi connectivity index (χ4v) is 2.08. The Morgan fingerprint density at radius 3 is 2.86 bits per heavy atom. The maximum Gasteiger partial charge on any atom is 0.0584 e. The Morgan fingerprint density at radius 2 is 2.50 bits per heavy atom. The molecule has 4 nitrogen and oxygen atoms in total. The van der Waals surface area contributed by atoms with Crippen LogP contribution in [0.3, 0.4) is 0 Å². The summed E-state index contributed by atoms with van der Waals surface area (Å²) in [6, 6.07) is 4.34. The highest BCUT2D eigenvalue weighted by molar-refractivity contribution is 5.15. The lowest BCUT2D eigenvalue weighted by atomic mass is 9.77. The van der Waals surface area contributed by atoms with Crippen LogP contribution in [0, 0.1) is 5.41 Å². The second-order valence-electron chi connectivity index (χ2n) is 3.91. The van der Waals surface area contributed by atoms with Gasteiger partial charge in [-0.25, -0.2) is 0 Å². The molecular weight excluding hydrogens is 178 g/mol. The van der Waals surface area contributed by atoms with Crippen molar-refractivity contribution in [1.82, 2.24) is 10.3 Å². The number of aromatic nitrogens is 1. The quantitative estimate of drug-likeness (QED) is 0.645. The van der Waals surface area contributed by atoms with Crippen LogP contribution < -0.4 is 11.1 Å². The molecule has 1 aliphatic rings. The van der Waals surface area contributed by atoms with Crippen LogP contribution in [0.2, 0.25) is 0 Å². The molecule has 1 aromatic heterocycles. The van der Waals surface area contributed by atoms with Crippen molar-refractivity contribution in [2.75, 3.05) is 26.8 Å². The van der Waals surface area contributed by atoms with Gasteiger partial charge in [0.05, 0.1) is 24.7 Å². The molecule has 0 spiro atoms. The van der Waals surface area contributed by atoms with Crippen LogP contribution in [0.1, 0.15) is 11.7 Å². The number of hydrogen-bond acceptors (Lipinski definition) is 3. The van der Waals surface area contributed by atoms with E-state index in [1.807, 2.05) is 19.3 Å².